The second-order valence-electron chi connectivity index (χ2n) is 2.96. The molecule has 0 fully saturated rings. The predicted molar refractivity (Wildman–Crippen MR) is 51.9 cm³/mol. The predicted octanol–water partition coefficient (Wildman–Crippen LogP) is 0.887. The lowest BCUT2D eigenvalue weighted by Crippen LogP contribution is -1.97. The molecule has 83 valence electrons. The van der Waals surface area contributed by atoms with Gasteiger partial charge in [-0.05, 0) is 13.8 Å². The minimum atomic E-state index is -4.52. The van der Waals surface area contributed by atoms with Crippen molar-refractivity contribution in [2.24, 2.45) is 0 Å². The first-order valence-electron chi connectivity index (χ1n) is 4.01. The molecule has 1 aromatic heterocycles. The van der Waals surface area contributed by atoms with Crippen molar-refractivity contribution >= 4 is 7.82 Å². The van der Waals surface area contributed by atoms with E-state index in [0.29, 0.717) is 11.3 Å². The van der Waals surface area contributed by atoms with E-state index in [9.17, 15) is 9.67 Å². The van der Waals surface area contributed by atoms with Gasteiger partial charge in [0.2, 0.25) is 0 Å². The molecule has 0 aliphatic heterocycles. The standard InChI is InChI=1S/C8H11NO5P/c1-5-7(4-14-15(11,12)13)3-9-6(2)8(5)10/h3,10H,1,4H2,2H3,(H2,11,12,13). The number of phosphoric acid groups is 1. The fraction of sp³-hybridized carbons (Fsp3) is 0.250. The Bertz CT molecular complexity index is 414. The Hall–Kier alpha value is -0.940. The highest BCUT2D eigenvalue weighted by Gasteiger charge is 2.16. The largest absolute Gasteiger partial charge is 0.506 e. The molecule has 0 unspecified atom stereocenters. The van der Waals surface area contributed by atoms with Crippen LogP contribution in [0.15, 0.2) is 6.20 Å². The van der Waals surface area contributed by atoms with Crippen LogP contribution in [0, 0.1) is 13.8 Å². The van der Waals surface area contributed by atoms with Crippen molar-refractivity contribution in [1.82, 2.24) is 4.98 Å². The summed E-state index contributed by atoms with van der Waals surface area (Å²) in [5, 5.41) is 9.44. The SMILES string of the molecule is [CH2]c1c(COP(=O)(O)O)cnc(C)c1O. The van der Waals surface area contributed by atoms with Crippen molar-refractivity contribution in [1.29, 1.82) is 0 Å². The number of aromatic nitrogens is 1. The summed E-state index contributed by atoms with van der Waals surface area (Å²) >= 11 is 0. The van der Waals surface area contributed by atoms with Crippen molar-refractivity contribution in [3.8, 4) is 5.75 Å². The number of hydrogen-bond donors (Lipinski definition) is 3. The van der Waals surface area contributed by atoms with E-state index >= 15 is 0 Å². The summed E-state index contributed by atoms with van der Waals surface area (Å²) in [6.07, 6.45) is 1.35. The summed E-state index contributed by atoms with van der Waals surface area (Å²) in [6.45, 7) is 4.81. The summed E-state index contributed by atoms with van der Waals surface area (Å²) in [4.78, 5) is 20.8. The molecular weight excluding hydrogens is 221 g/mol. The van der Waals surface area contributed by atoms with Crippen LogP contribution >= 0.6 is 7.82 Å². The Morgan fingerprint density at radius 3 is 2.73 bits per heavy atom. The molecule has 1 aromatic rings. The Morgan fingerprint density at radius 2 is 2.20 bits per heavy atom. The van der Waals surface area contributed by atoms with E-state index in [1.165, 1.54) is 6.20 Å². The molecule has 15 heavy (non-hydrogen) atoms. The van der Waals surface area contributed by atoms with Crippen molar-refractivity contribution in [3.63, 3.8) is 0 Å². The van der Waals surface area contributed by atoms with E-state index < -0.39 is 7.82 Å². The molecule has 0 saturated heterocycles. The second kappa shape index (κ2) is 4.28. The average molecular weight is 232 g/mol. The molecule has 0 aliphatic carbocycles. The second-order valence-corrected chi connectivity index (χ2v) is 4.20. The Morgan fingerprint density at radius 1 is 1.60 bits per heavy atom. The zero-order chi connectivity index (χ0) is 11.6. The van der Waals surface area contributed by atoms with Gasteiger partial charge in [-0.1, -0.05) is 0 Å². The maximum Gasteiger partial charge on any atom is 0.469 e. The molecule has 0 bridgehead atoms. The van der Waals surface area contributed by atoms with Crippen molar-refractivity contribution in [2.45, 2.75) is 13.5 Å². The topological polar surface area (TPSA) is 99.9 Å². The van der Waals surface area contributed by atoms with Crippen LogP contribution in [-0.2, 0) is 15.7 Å². The van der Waals surface area contributed by atoms with Crippen LogP contribution in [0.5, 0.6) is 5.75 Å². The van der Waals surface area contributed by atoms with Crippen LogP contribution in [0.3, 0.4) is 0 Å². The number of nitrogens with zero attached hydrogens (tertiary/aromatic N) is 1. The fourth-order valence-electron chi connectivity index (χ4n) is 0.962. The number of rotatable bonds is 3. The molecule has 1 heterocycles. The fourth-order valence-corrected chi connectivity index (χ4v) is 1.27. The first kappa shape index (κ1) is 12.1. The summed E-state index contributed by atoms with van der Waals surface area (Å²) < 4.78 is 14.7. The minimum Gasteiger partial charge on any atom is -0.506 e. The Balaban J connectivity index is 2.88. The molecule has 7 heteroatoms. The van der Waals surface area contributed by atoms with Crippen LogP contribution in [0.1, 0.15) is 16.8 Å². The minimum absolute atomic E-state index is 0.0955. The van der Waals surface area contributed by atoms with Crippen molar-refractivity contribution in [2.75, 3.05) is 0 Å². The van der Waals surface area contributed by atoms with Gasteiger partial charge in [-0.3, -0.25) is 9.51 Å². The highest BCUT2D eigenvalue weighted by atomic mass is 31.2. The van der Waals surface area contributed by atoms with Crippen molar-refractivity contribution < 1.29 is 24.0 Å². The lowest BCUT2D eigenvalue weighted by molar-refractivity contribution is 0.188. The first-order chi connectivity index (χ1) is 6.81. The number of pyridine rings is 1. The van der Waals surface area contributed by atoms with E-state index in [-0.39, 0.29) is 17.9 Å². The van der Waals surface area contributed by atoms with E-state index in [4.69, 9.17) is 9.79 Å². The van der Waals surface area contributed by atoms with Crippen LogP contribution in [-0.4, -0.2) is 19.9 Å². The Kier molecular flexibility index (Phi) is 3.46. The van der Waals surface area contributed by atoms with Gasteiger partial charge in [0.1, 0.15) is 5.75 Å². The molecule has 1 radical (unpaired) electrons. The molecule has 0 aliphatic rings. The van der Waals surface area contributed by atoms with Gasteiger partial charge in [-0.15, -0.1) is 0 Å². The maximum atomic E-state index is 10.4. The quantitative estimate of drug-likeness (QED) is 0.669. The van der Waals surface area contributed by atoms with Gasteiger partial charge in [-0.25, -0.2) is 4.57 Å². The van der Waals surface area contributed by atoms with Crippen LogP contribution in [0.25, 0.3) is 0 Å². The van der Waals surface area contributed by atoms with Gasteiger partial charge in [0.25, 0.3) is 0 Å². The summed E-state index contributed by atoms with van der Waals surface area (Å²) in [6, 6.07) is 0. The van der Waals surface area contributed by atoms with Crippen LogP contribution < -0.4 is 0 Å². The third kappa shape index (κ3) is 3.28. The molecule has 6 nitrogen and oxygen atoms in total. The lowest BCUT2D eigenvalue weighted by Gasteiger charge is -2.09. The van der Waals surface area contributed by atoms with Gasteiger partial charge >= 0.3 is 7.82 Å². The van der Waals surface area contributed by atoms with Gasteiger partial charge in [0.05, 0.1) is 12.3 Å². The van der Waals surface area contributed by atoms with E-state index in [0.717, 1.165) is 0 Å². The first-order valence-corrected chi connectivity index (χ1v) is 5.54. The molecule has 3 N–H and O–H groups in total. The normalized spacial score (nSPS) is 11.7. The highest BCUT2D eigenvalue weighted by molar-refractivity contribution is 7.46. The molecule has 0 amide bonds. The average Bonchev–Trinajstić information content (AvgIpc) is 2.12. The zero-order valence-electron chi connectivity index (χ0n) is 8.04. The number of phosphoric ester groups is 1. The van der Waals surface area contributed by atoms with E-state index in [2.05, 4.69) is 16.4 Å². The maximum absolute atomic E-state index is 10.4. The van der Waals surface area contributed by atoms with E-state index in [1.807, 2.05) is 0 Å². The molecule has 0 aromatic carbocycles. The van der Waals surface area contributed by atoms with Crippen molar-refractivity contribution in [3.05, 3.63) is 29.9 Å². The monoisotopic (exact) mass is 232 g/mol. The molecule has 0 saturated carbocycles. The van der Waals surface area contributed by atoms with Gasteiger partial charge in [0, 0.05) is 17.3 Å². The van der Waals surface area contributed by atoms with Gasteiger partial charge in [0.15, 0.2) is 0 Å². The van der Waals surface area contributed by atoms with Crippen LogP contribution in [0.2, 0.25) is 0 Å². The smallest absolute Gasteiger partial charge is 0.469 e. The summed E-state index contributed by atoms with van der Waals surface area (Å²) in [7, 11) is -4.52. The van der Waals surface area contributed by atoms with Crippen LogP contribution in [0.4, 0.5) is 0 Å². The zero-order valence-corrected chi connectivity index (χ0v) is 8.94. The van der Waals surface area contributed by atoms with Gasteiger partial charge in [-0.2, -0.15) is 0 Å². The summed E-state index contributed by atoms with van der Waals surface area (Å²) in [5.41, 5.74) is 0.998. The van der Waals surface area contributed by atoms with E-state index in [1.54, 1.807) is 6.92 Å². The Labute approximate surface area is 86.8 Å². The molecule has 1 rings (SSSR count). The third-order valence-electron chi connectivity index (χ3n) is 1.82. The highest BCUT2D eigenvalue weighted by Crippen LogP contribution is 2.37. The number of hydrogen-bond acceptors (Lipinski definition) is 4. The molecular formula is C8H11NO5P. The summed E-state index contributed by atoms with van der Waals surface area (Å²) in [5.74, 6) is -0.0955. The molecule has 0 spiro atoms. The number of aryl methyl sites for hydroxylation is 1. The molecule has 0 atom stereocenters. The van der Waals surface area contributed by atoms with Gasteiger partial charge < -0.3 is 14.9 Å². The third-order valence-corrected chi connectivity index (χ3v) is 2.28. The number of aromatic hydroxyl groups is 1. The lowest BCUT2D eigenvalue weighted by atomic mass is 10.1.